The zero-order valence-corrected chi connectivity index (χ0v) is 11.1. The van der Waals surface area contributed by atoms with Crippen LogP contribution >= 0.6 is 0 Å². The lowest BCUT2D eigenvalue weighted by Gasteiger charge is -2.22. The van der Waals surface area contributed by atoms with Crippen LogP contribution in [0.3, 0.4) is 0 Å². The summed E-state index contributed by atoms with van der Waals surface area (Å²) in [6.45, 7) is 5.52. The predicted molar refractivity (Wildman–Crippen MR) is 71.2 cm³/mol. The molecule has 0 radical (unpaired) electrons. The van der Waals surface area contributed by atoms with Crippen molar-refractivity contribution in [1.82, 2.24) is 5.43 Å². The monoisotopic (exact) mass is 250 g/mol. The van der Waals surface area contributed by atoms with Crippen molar-refractivity contribution in [3.63, 3.8) is 0 Å². The summed E-state index contributed by atoms with van der Waals surface area (Å²) in [5.74, 6) is 7.02. The van der Waals surface area contributed by atoms with Gasteiger partial charge in [0.05, 0.1) is 25.4 Å². The van der Waals surface area contributed by atoms with Gasteiger partial charge in [-0.25, -0.2) is 0 Å². The zero-order valence-electron chi connectivity index (χ0n) is 11.1. The molecule has 1 aliphatic rings. The van der Waals surface area contributed by atoms with Crippen molar-refractivity contribution in [2.75, 3.05) is 13.2 Å². The maximum Gasteiger partial charge on any atom is 0.119 e. The van der Waals surface area contributed by atoms with Gasteiger partial charge in [0.1, 0.15) is 5.75 Å². The molecule has 0 aromatic heterocycles. The van der Waals surface area contributed by atoms with Crippen LogP contribution in [0.25, 0.3) is 0 Å². The average Bonchev–Trinajstić information content (AvgIpc) is 2.78. The van der Waals surface area contributed by atoms with Gasteiger partial charge in [0.15, 0.2) is 0 Å². The van der Waals surface area contributed by atoms with Crippen molar-refractivity contribution in [2.45, 2.75) is 32.4 Å². The highest BCUT2D eigenvalue weighted by molar-refractivity contribution is 5.31. The maximum atomic E-state index is 5.71. The van der Waals surface area contributed by atoms with Gasteiger partial charge in [-0.15, -0.1) is 0 Å². The summed E-state index contributed by atoms with van der Waals surface area (Å²) >= 11 is 0. The van der Waals surface area contributed by atoms with E-state index in [9.17, 15) is 0 Å². The van der Waals surface area contributed by atoms with Crippen molar-refractivity contribution in [2.24, 2.45) is 11.8 Å². The average molecular weight is 250 g/mol. The Morgan fingerprint density at radius 1 is 1.56 bits per heavy atom. The van der Waals surface area contributed by atoms with Crippen molar-refractivity contribution >= 4 is 0 Å². The summed E-state index contributed by atoms with van der Waals surface area (Å²) in [4.78, 5) is 0. The molecule has 0 bridgehead atoms. The minimum atomic E-state index is 0.121. The van der Waals surface area contributed by atoms with E-state index in [0.717, 1.165) is 24.3 Å². The Labute approximate surface area is 108 Å². The highest BCUT2D eigenvalue weighted by Crippen LogP contribution is 2.32. The van der Waals surface area contributed by atoms with Gasteiger partial charge in [-0.05, 0) is 38.0 Å². The van der Waals surface area contributed by atoms with Gasteiger partial charge in [0.25, 0.3) is 0 Å². The molecule has 100 valence electrons. The maximum absolute atomic E-state index is 5.71. The standard InChI is InChI=1S/C14H22N2O2/c1-3-17-13-6-4-5-11(8-13)14(16-15)12-7-10(2)18-9-12/h4-6,8,10,12,14,16H,3,7,9,15H2,1-2H3. The van der Waals surface area contributed by atoms with E-state index in [1.165, 1.54) is 0 Å². The molecule has 0 saturated carbocycles. The zero-order chi connectivity index (χ0) is 13.0. The fourth-order valence-corrected chi connectivity index (χ4v) is 2.55. The van der Waals surface area contributed by atoms with Gasteiger partial charge in [-0.2, -0.15) is 0 Å². The molecule has 1 aromatic rings. The first kappa shape index (κ1) is 13.3. The van der Waals surface area contributed by atoms with E-state index in [0.29, 0.717) is 18.6 Å². The number of hydrazine groups is 1. The highest BCUT2D eigenvalue weighted by atomic mass is 16.5. The quantitative estimate of drug-likeness (QED) is 0.620. The van der Waals surface area contributed by atoms with Crippen LogP contribution in [0.15, 0.2) is 24.3 Å². The number of rotatable bonds is 5. The number of nitrogens with two attached hydrogens (primary N) is 1. The SMILES string of the molecule is CCOc1cccc(C(NN)C2COC(C)C2)c1. The third-order valence-electron chi connectivity index (χ3n) is 3.41. The smallest absolute Gasteiger partial charge is 0.119 e. The minimum absolute atomic E-state index is 0.121. The molecule has 1 heterocycles. The third kappa shape index (κ3) is 3.02. The Morgan fingerprint density at radius 2 is 2.39 bits per heavy atom. The van der Waals surface area contributed by atoms with Gasteiger partial charge in [0.2, 0.25) is 0 Å². The van der Waals surface area contributed by atoms with Crippen LogP contribution in [0.5, 0.6) is 5.75 Å². The van der Waals surface area contributed by atoms with E-state index in [4.69, 9.17) is 15.3 Å². The molecule has 3 atom stereocenters. The molecule has 2 rings (SSSR count). The molecule has 4 heteroatoms. The number of ether oxygens (including phenoxy) is 2. The van der Waals surface area contributed by atoms with Crippen LogP contribution in [0.2, 0.25) is 0 Å². The van der Waals surface area contributed by atoms with Gasteiger partial charge >= 0.3 is 0 Å². The van der Waals surface area contributed by atoms with Crippen molar-refractivity contribution < 1.29 is 9.47 Å². The number of hydrogen-bond acceptors (Lipinski definition) is 4. The Kier molecular flexibility index (Phi) is 4.58. The number of nitrogens with one attached hydrogen (secondary N) is 1. The lowest BCUT2D eigenvalue weighted by molar-refractivity contribution is 0.117. The molecule has 1 fully saturated rings. The van der Waals surface area contributed by atoms with Crippen LogP contribution < -0.4 is 16.0 Å². The summed E-state index contributed by atoms with van der Waals surface area (Å²) in [5, 5.41) is 0. The molecule has 3 N–H and O–H groups in total. The summed E-state index contributed by atoms with van der Waals surface area (Å²) in [5.41, 5.74) is 4.07. The topological polar surface area (TPSA) is 56.5 Å². The first-order valence-electron chi connectivity index (χ1n) is 6.55. The Hall–Kier alpha value is -1.10. The fraction of sp³-hybridized carbons (Fsp3) is 0.571. The van der Waals surface area contributed by atoms with Crippen LogP contribution in [0.1, 0.15) is 31.9 Å². The predicted octanol–water partition coefficient (Wildman–Crippen LogP) is 2.01. The molecular weight excluding hydrogens is 228 g/mol. The van der Waals surface area contributed by atoms with Gasteiger partial charge in [-0.3, -0.25) is 11.3 Å². The molecule has 1 aliphatic heterocycles. The van der Waals surface area contributed by atoms with E-state index in [2.05, 4.69) is 24.5 Å². The molecule has 0 aliphatic carbocycles. The van der Waals surface area contributed by atoms with Gasteiger partial charge in [-0.1, -0.05) is 12.1 Å². The van der Waals surface area contributed by atoms with Crippen molar-refractivity contribution in [1.29, 1.82) is 0 Å². The molecule has 0 amide bonds. The second kappa shape index (κ2) is 6.18. The molecule has 1 aromatic carbocycles. The summed E-state index contributed by atoms with van der Waals surface area (Å²) in [6.07, 6.45) is 1.36. The van der Waals surface area contributed by atoms with E-state index in [1.807, 2.05) is 19.1 Å². The van der Waals surface area contributed by atoms with Crippen molar-refractivity contribution in [3.05, 3.63) is 29.8 Å². The van der Waals surface area contributed by atoms with Crippen LogP contribution in [0.4, 0.5) is 0 Å². The van der Waals surface area contributed by atoms with Crippen LogP contribution in [-0.2, 0) is 4.74 Å². The first-order valence-corrected chi connectivity index (χ1v) is 6.55. The van der Waals surface area contributed by atoms with Crippen LogP contribution in [-0.4, -0.2) is 19.3 Å². The largest absolute Gasteiger partial charge is 0.494 e. The third-order valence-corrected chi connectivity index (χ3v) is 3.41. The van der Waals surface area contributed by atoms with Gasteiger partial charge < -0.3 is 9.47 Å². The summed E-state index contributed by atoms with van der Waals surface area (Å²) in [7, 11) is 0. The summed E-state index contributed by atoms with van der Waals surface area (Å²) < 4.78 is 11.1. The van der Waals surface area contributed by atoms with Crippen molar-refractivity contribution in [3.8, 4) is 5.75 Å². The molecule has 3 unspecified atom stereocenters. The Balaban J connectivity index is 2.13. The lowest BCUT2D eigenvalue weighted by atomic mass is 9.91. The van der Waals surface area contributed by atoms with E-state index in [1.54, 1.807) is 0 Å². The fourth-order valence-electron chi connectivity index (χ4n) is 2.55. The minimum Gasteiger partial charge on any atom is -0.494 e. The normalized spacial score (nSPS) is 25.1. The Morgan fingerprint density at radius 3 is 3.00 bits per heavy atom. The van der Waals surface area contributed by atoms with E-state index in [-0.39, 0.29) is 6.04 Å². The number of hydrogen-bond donors (Lipinski definition) is 2. The molecular formula is C14H22N2O2. The van der Waals surface area contributed by atoms with Gasteiger partial charge in [0, 0.05) is 5.92 Å². The molecule has 4 nitrogen and oxygen atoms in total. The Bertz CT molecular complexity index is 384. The van der Waals surface area contributed by atoms with Crippen LogP contribution in [0, 0.1) is 5.92 Å². The van der Waals surface area contributed by atoms with E-state index < -0.39 is 0 Å². The second-order valence-corrected chi connectivity index (χ2v) is 4.79. The molecule has 0 spiro atoms. The summed E-state index contributed by atoms with van der Waals surface area (Å²) in [6, 6.07) is 8.22. The lowest BCUT2D eigenvalue weighted by Crippen LogP contribution is -2.34. The van der Waals surface area contributed by atoms with E-state index >= 15 is 0 Å². The first-order chi connectivity index (χ1) is 8.74. The molecule has 1 saturated heterocycles. The second-order valence-electron chi connectivity index (χ2n) is 4.79. The highest BCUT2D eigenvalue weighted by Gasteiger charge is 2.30. The molecule has 18 heavy (non-hydrogen) atoms. The number of benzene rings is 1.